The lowest BCUT2D eigenvalue weighted by Crippen LogP contribution is -2.52. The molecule has 0 fully saturated rings. The van der Waals surface area contributed by atoms with E-state index >= 15 is 0 Å². The third kappa shape index (κ3) is 3.40. The third-order valence-corrected chi connectivity index (χ3v) is 5.11. The maximum atomic E-state index is 13.7. The Hall–Kier alpha value is -3.48. The molecule has 0 unspecified atom stereocenters. The van der Waals surface area contributed by atoms with Crippen LogP contribution >= 0.6 is 0 Å². The lowest BCUT2D eigenvalue weighted by Gasteiger charge is -2.41. The summed E-state index contributed by atoms with van der Waals surface area (Å²) in [4.78, 5) is 32.7. The smallest absolute Gasteiger partial charge is 0.294 e. The van der Waals surface area contributed by atoms with Gasteiger partial charge in [0, 0.05) is 25.2 Å². The first-order valence-electron chi connectivity index (χ1n) is 9.39. The third-order valence-electron chi connectivity index (χ3n) is 5.11. The van der Waals surface area contributed by atoms with Gasteiger partial charge in [-0.05, 0) is 42.3 Å². The minimum absolute atomic E-state index is 0.0941. The second-order valence-electron chi connectivity index (χ2n) is 6.94. The molecule has 0 radical (unpaired) electrons. The van der Waals surface area contributed by atoms with Gasteiger partial charge in [-0.2, -0.15) is 0 Å². The Labute approximate surface area is 167 Å². The molecule has 2 amide bonds. The summed E-state index contributed by atoms with van der Waals surface area (Å²) in [6.07, 6.45) is 4.84. The van der Waals surface area contributed by atoms with Crippen molar-refractivity contribution in [2.45, 2.75) is 26.3 Å². The first-order valence-corrected chi connectivity index (χ1v) is 9.39. The van der Waals surface area contributed by atoms with Gasteiger partial charge in [-0.1, -0.05) is 13.0 Å². The number of hydrogen-bond donors (Lipinski definition) is 0. The minimum atomic E-state index is -0.444. The van der Waals surface area contributed by atoms with Crippen molar-refractivity contribution in [3.8, 4) is 11.1 Å². The Bertz CT molecular complexity index is 1060. The molecule has 4 rings (SSSR count). The van der Waals surface area contributed by atoms with E-state index in [9.17, 15) is 14.0 Å². The van der Waals surface area contributed by atoms with Gasteiger partial charge in [-0.15, -0.1) is 0 Å². The van der Waals surface area contributed by atoms with Crippen LogP contribution in [0.1, 0.15) is 30.8 Å². The van der Waals surface area contributed by atoms with Crippen LogP contribution in [0.3, 0.4) is 0 Å². The van der Waals surface area contributed by atoms with Crippen LogP contribution in [0.2, 0.25) is 0 Å². The normalized spacial score (nSPS) is 15.9. The van der Waals surface area contributed by atoms with Crippen molar-refractivity contribution in [3.05, 3.63) is 66.6 Å². The van der Waals surface area contributed by atoms with Gasteiger partial charge in [0.15, 0.2) is 5.76 Å². The summed E-state index contributed by atoms with van der Waals surface area (Å²) in [6.45, 7) is 3.84. The van der Waals surface area contributed by atoms with E-state index < -0.39 is 5.82 Å². The van der Waals surface area contributed by atoms with Crippen LogP contribution in [-0.2, 0) is 4.79 Å². The molecular weight excluding hydrogens is 373 g/mol. The highest BCUT2D eigenvalue weighted by Gasteiger charge is 2.36. The molecule has 1 aromatic carbocycles. The van der Waals surface area contributed by atoms with Gasteiger partial charge in [0.1, 0.15) is 5.82 Å². The number of carbonyl (C=O) groups excluding carboxylic acids is 2. The van der Waals surface area contributed by atoms with Gasteiger partial charge in [-0.25, -0.2) is 4.39 Å². The number of benzene rings is 1. The number of halogens is 1. The molecule has 6 nitrogen and oxygen atoms in total. The SMILES string of the molecule is CC[C@H]1CN(C(=O)c2ccco2)c2cc(-c3cncc(F)c3)ccc2N1C(C)=O. The van der Waals surface area contributed by atoms with Gasteiger partial charge in [0.25, 0.3) is 5.91 Å². The molecule has 1 atom stereocenters. The fourth-order valence-electron chi connectivity index (χ4n) is 3.74. The molecule has 0 N–H and O–H groups in total. The summed E-state index contributed by atoms with van der Waals surface area (Å²) in [5, 5.41) is 0. The second kappa shape index (κ2) is 7.50. The van der Waals surface area contributed by atoms with E-state index in [4.69, 9.17) is 4.42 Å². The van der Waals surface area contributed by atoms with Crippen LogP contribution in [0.25, 0.3) is 11.1 Å². The van der Waals surface area contributed by atoms with E-state index in [0.29, 0.717) is 35.5 Å². The average Bonchev–Trinajstić information content (AvgIpc) is 3.26. The van der Waals surface area contributed by atoms with Crippen LogP contribution in [0.4, 0.5) is 15.8 Å². The van der Waals surface area contributed by atoms with Crippen molar-refractivity contribution in [1.29, 1.82) is 0 Å². The Morgan fingerprint density at radius 1 is 1.17 bits per heavy atom. The van der Waals surface area contributed by atoms with E-state index in [1.165, 1.54) is 19.3 Å². The van der Waals surface area contributed by atoms with Crippen molar-refractivity contribution >= 4 is 23.2 Å². The maximum Gasteiger partial charge on any atom is 0.294 e. The molecule has 3 aromatic rings. The molecule has 3 heterocycles. The summed E-state index contributed by atoms with van der Waals surface area (Å²) in [6, 6.07) is 9.88. The van der Waals surface area contributed by atoms with E-state index in [1.54, 1.807) is 46.3 Å². The fraction of sp³-hybridized carbons (Fsp3) is 0.227. The molecule has 7 heteroatoms. The summed E-state index contributed by atoms with van der Waals surface area (Å²) in [5.74, 6) is -0.601. The van der Waals surface area contributed by atoms with E-state index in [1.807, 2.05) is 6.92 Å². The highest BCUT2D eigenvalue weighted by molar-refractivity contribution is 6.10. The Kier molecular flexibility index (Phi) is 4.88. The molecule has 1 aliphatic heterocycles. The number of amides is 2. The number of carbonyl (C=O) groups is 2. The van der Waals surface area contributed by atoms with Crippen molar-refractivity contribution in [2.24, 2.45) is 0 Å². The van der Waals surface area contributed by atoms with E-state index in [0.717, 1.165) is 6.20 Å². The molecular formula is C22H20FN3O3. The van der Waals surface area contributed by atoms with Gasteiger partial charge in [0.2, 0.25) is 5.91 Å². The van der Waals surface area contributed by atoms with Crippen LogP contribution < -0.4 is 9.80 Å². The molecule has 0 saturated carbocycles. The van der Waals surface area contributed by atoms with Crippen molar-refractivity contribution in [2.75, 3.05) is 16.3 Å². The minimum Gasteiger partial charge on any atom is -0.459 e. The van der Waals surface area contributed by atoms with Crippen molar-refractivity contribution in [1.82, 2.24) is 4.98 Å². The molecule has 0 bridgehead atoms. The molecule has 2 aromatic heterocycles. The van der Waals surface area contributed by atoms with Crippen LogP contribution in [0.5, 0.6) is 0 Å². The number of fused-ring (bicyclic) bond motifs is 1. The number of aromatic nitrogens is 1. The maximum absolute atomic E-state index is 13.7. The number of pyridine rings is 1. The highest BCUT2D eigenvalue weighted by atomic mass is 19.1. The average molecular weight is 393 g/mol. The molecule has 0 spiro atoms. The predicted molar refractivity (Wildman–Crippen MR) is 107 cm³/mol. The van der Waals surface area contributed by atoms with Gasteiger partial charge in [0.05, 0.1) is 29.9 Å². The van der Waals surface area contributed by atoms with Crippen LogP contribution in [0, 0.1) is 5.82 Å². The lowest BCUT2D eigenvalue weighted by atomic mass is 10.00. The summed E-state index contributed by atoms with van der Waals surface area (Å²) < 4.78 is 19.0. The molecule has 29 heavy (non-hydrogen) atoms. The fourth-order valence-corrected chi connectivity index (χ4v) is 3.74. The largest absolute Gasteiger partial charge is 0.459 e. The van der Waals surface area contributed by atoms with Crippen molar-refractivity contribution in [3.63, 3.8) is 0 Å². The lowest BCUT2D eigenvalue weighted by molar-refractivity contribution is -0.117. The second-order valence-corrected chi connectivity index (χ2v) is 6.94. The first kappa shape index (κ1) is 18.9. The molecule has 0 saturated heterocycles. The monoisotopic (exact) mass is 393 g/mol. The van der Waals surface area contributed by atoms with Gasteiger partial charge in [-0.3, -0.25) is 14.6 Å². The number of furan rings is 1. The standard InChI is InChI=1S/C22H20FN3O3/c1-3-18-13-25(22(28)21-5-4-8-29-21)20-10-15(16-9-17(23)12-24-11-16)6-7-19(20)26(18)14(2)27/h4-12,18H,3,13H2,1-2H3/t18-/m0/s1. The highest BCUT2D eigenvalue weighted by Crippen LogP contribution is 2.40. The zero-order valence-corrected chi connectivity index (χ0v) is 16.1. The zero-order chi connectivity index (χ0) is 20.5. The summed E-state index contributed by atoms with van der Waals surface area (Å²) in [5.41, 5.74) is 2.51. The number of rotatable bonds is 3. The summed E-state index contributed by atoms with van der Waals surface area (Å²) >= 11 is 0. The van der Waals surface area contributed by atoms with Crippen LogP contribution in [-0.4, -0.2) is 29.4 Å². The Morgan fingerprint density at radius 2 is 2.00 bits per heavy atom. The predicted octanol–water partition coefficient (Wildman–Crippen LogP) is 4.27. The number of anilines is 2. The van der Waals surface area contributed by atoms with E-state index in [2.05, 4.69) is 4.98 Å². The molecule has 0 aliphatic carbocycles. The number of nitrogens with zero attached hydrogens (tertiary/aromatic N) is 3. The first-order chi connectivity index (χ1) is 14.0. The Balaban J connectivity index is 1.86. The topological polar surface area (TPSA) is 66.7 Å². The summed E-state index contributed by atoms with van der Waals surface area (Å²) in [7, 11) is 0. The van der Waals surface area contributed by atoms with Crippen molar-refractivity contribution < 1.29 is 18.4 Å². The Morgan fingerprint density at radius 3 is 2.66 bits per heavy atom. The number of hydrogen-bond acceptors (Lipinski definition) is 4. The molecule has 1 aliphatic rings. The van der Waals surface area contributed by atoms with Gasteiger partial charge < -0.3 is 14.2 Å². The van der Waals surface area contributed by atoms with E-state index in [-0.39, 0.29) is 23.6 Å². The van der Waals surface area contributed by atoms with Crippen LogP contribution in [0.15, 0.2) is 59.5 Å². The quantitative estimate of drug-likeness (QED) is 0.666. The molecule has 148 valence electrons. The van der Waals surface area contributed by atoms with Gasteiger partial charge >= 0.3 is 0 Å². The zero-order valence-electron chi connectivity index (χ0n) is 16.1.